The van der Waals surface area contributed by atoms with Crippen molar-refractivity contribution in [1.82, 2.24) is 15.1 Å². The Bertz CT molecular complexity index is 1140. The molecule has 5 nitrogen and oxygen atoms in total. The molecule has 8 heteroatoms. The lowest BCUT2D eigenvalue weighted by Gasteiger charge is -2.19. The fourth-order valence-corrected chi connectivity index (χ4v) is 4.30. The number of hydrogen-bond donors (Lipinski definition) is 1. The number of halogens is 3. The molecular weight excluding hydrogens is 393 g/mol. The van der Waals surface area contributed by atoms with Gasteiger partial charge in [-0.2, -0.15) is 18.3 Å². The normalized spacial score (nSPS) is 16.7. The first-order valence-electron chi connectivity index (χ1n) is 9.71. The molecule has 3 aromatic rings. The van der Waals surface area contributed by atoms with E-state index in [1.165, 1.54) is 11.0 Å². The van der Waals surface area contributed by atoms with E-state index in [0.29, 0.717) is 24.3 Å². The van der Waals surface area contributed by atoms with Gasteiger partial charge in [-0.1, -0.05) is 18.2 Å². The van der Waals surface area contributed by atoms with Crippen molar-refractivity contribution in [2.75, 3.05) is 4.90 Å². The molecule has 0 radical (unpaired) electrons. The summed E-state index contributed by atoms with van der Waals surface area (Å²) in [5.74, 6) is -0.414. The first-order chi connectivity index (χ1) is 14.3. The van der Waals surface area contributed by atoms with Gasteiger partial charge in [-0.3, -0.25) is 9.48 Å². The van der Waals surface area contributed by atoms with Crippen LogP contribution < -0.4 is 10.2 Å². The quantitative estimate of drug-likeness (QED) is 0.699. The third kappa shape index (κ3) is 2.90. The van der Waals surface area contributed by atoms with Gasteiger partial charge in [0.05, 0.1) is 30.0 Å². The predicted octanol–water partition coefficient (Wildman–Crippen LogP) is 4.27. The van der Waals surface area contributed by atoms with E-state index < -0.39 is 23.7 Å². The Labute approximate surface area is 171 Å². The molecule has 5 rings (SSSR count). The monoisotopic (exact) mass is 412 g/mol. The molecule has 1 N–H and O–H groups in total. The van der Waals surface area contributed by atoms with Crippen LogP contribution in [-0.2, 0) is 25.8 Å². The third-order valence-electron chi connectivity index (χ3n) is 5.88. The second-order valence-electron chi connectivity index (χ2n) is 7.66. The average molecular weight is 412 g/mol. The van der Waals surface area contributed by atoms with Crippen LogP contribution in [0.2, 0.25) is 0 Å². The van der Waals surface area contributed by atoms with Crippen LogP contribution in [0.5, 0.6) is 0 Å². The van der Waals surface area contributed by atoms with Crippen molar-refractivity contribution >= 4 is 11.6 Å². The molecule has 0 aliphatic carbocycles. The molecule has 1 aromatic heterocycles. The fraction of sp³-hybridized carbons (Fsp3) is 0.273. The van der Waals surface area contributed by atoms with E-state index in [4.69, 9.17) is 0 Å². The number of carbonyl (C=O) groups excluding carboxylic acids is 1. The first-order valence-corrected chi connectivity index (χ1v) is 9.71. The van der Waals surface area contributed by atoms with Gasteiger partial charge in [0.1, 0.15) is 0 Å². The highest BCUT2D eigenvalue weighted by Gasteiger charge is 2.41. The smallest absolute Gasteiger partial charge is 0.307 e. The maximum atomic E-state index is 13.9. The minimum absolute atomic E-state index is 0.0275. The molecule has 2 aromatic carbocycles. The second-order valence-corrected chi connectivity index (χ2v) is 7.66. The van der Waals surface area contributed by atoms with Crippen LogP contribution in [0.15, 0.2) is 48.7 Å². The summed E-state index contributed by atoms with van der Waals surface area (Å²) in [6, 6.07) is 11.1. The van der Waals surface area contributed by atoms with E-state index >= 15 is 0 Å². The second kappa shape index (κ2) is 6.70. The van der Waals surface area contributed by atoms with Gasteiger partial charge in [0.25, 0.3) is 5.91 Å². The van der Waals surface area contributed by atoms with Gasteiger partial charge in [-0.05, 0) is 42.3 Å². The van der Waals surface area contributed by atoms with Crippen molar-refractivity contribution in [2.24, 2.45) is 0 Å². The van der Waals surface area contributed by atoms with Crippen molar-refractivity contribution in [2.45, 2.75) is 38.8 Å². The highest BCUT2D eigenvalue weighted by molar-refractivity contribution is 6.10. The SMILES string of the molecule is CC(c1cc2c(c(C(F)(F)F)c1)CN(c1ccccc1)C2=O)n1ncc2c1CNC2. The number of amides is 1. The van der Waals surface area contributed by atoms with Gasteiger partial charge in [-0.15, -0.1) is 0 Å². The third-order valence-corrected chi connectivity index (χ3v) is 5.88. The van der Waals surface area contributed by atoms with Gasteiger partial charge in [0, 0.05) is 29.9 Å². The van der Waals surface area contributed by atoms with E-state index in [0.717, 1.165) is 11.3 Å². The average Bonchev–Trinajstić information content (AvgIpc) is 3.42. The molecule has 0 spiro atoms. The summed E-state index contributed by atoms with van der Waals surface area (Å²) < 4.78 is 43.6. The molecule has 3 heterocycles. The molecule has 1 unspecified atom stereocenters. The standard InChI is InChI=1S/C22H19F3N4O/c1-13(29-20-11-26-9-15(20)10-27-29)14-7-17-18(19(8-14)22(23,24)25)12-28(21(17)30)16-5-3-2-4-6-16/h2-8,10,13,26H,9,11-12H2,1H3. The number of carbonyl (C=O) groups is 1. The molecule has 0 bridgehead atoms. The van der Waals surface area contributed by atoms with Crippen LogP contribution in [-0.4, -0.2) is 15.7 Å². The lowest BCUT2D eigenvalue weighted by molar-refractivity contribution is -0.138. The summed E-state index contributed by atoms with van der Waals surface area (Å²) in [4.78, 5) is 14.4. The Morgan fingerprint density at radius 1 is 1.13 bits per heavy atom. The number of hydrogen-bond acceptors (Lipinski definition) is 3. The van der Waals surface area contributed by atoms with Crippen molar-refractivity contribution < 1.29 is 18.0 Å². The van der Waals surface area contributed by atoms with Gasteiger partial charge in [0.15, 0.2) is 0 Å². The van der Waals surface area contributed by atoms with E-state index in [9.17, 15) is 18.0 Å². The van der Waals surface area contributed by atoms with E-state index in [1.807, 2.05) is 6.92 Å². The summed E-state index contributed by atoms with van der Waals surface area (Å²) >= 11 is 0. The largest absolute Gasteiger partial charge is 0.416 e. The van der Waals surface area contributed by atoms with Gasteiger partial charge < -0.3 is 10.2 Å². The number of nitrogens with zero attached hydrogens (tertiary/aromatic N) is 3. The maximum Gasteiger partial charge on any atom is 0.416 e. The molecule has 0 fully saturated rings. The zero-order valence-electron chi connectivity index (χ0n) is 16.2. The molecule has 1 atom stereocenters. The summed E-state index contributed by atoms with van der Waals surface area (Å²) in [6.45, 7) is 3.03. The van der Waals surface area contributed by atoms with Crippen molar-refractivity contribution in [3.63, 3.8) is 0 Å². The van der Waals surface area contributed by atoms with Gasteiger partial charge in [0.2, 0.25) is 0 Å². The predicted molar refractivity (Wildman–Crippen MR) is 105 cm³/mol. The molecule has 0 saturated heterocycles. The zero-order valence-corrected chi connectivity index (χ0v) is 16.2. The summed E-state index contributed by atoms with van der Waals surface area (Å²) in [6.07, 6.45) is -2.81. The number of benzene rings is 2. The number of alkyl halides is 3. The van der Waals surface area contributed by atoms with Gasteiger partial charge in [-0.25, -0.2) is 0 Å². The van der Waals surface area contributed by atoms with Crippen LogP contribution in [0.4, 0.5) is 18.9 Å². The van der Waals surface area contributed by atoms with Gasteiger partial charge >= 0.3 is 6.18 Å². The maximum absolute atomic E-state index is 13.9. The minimum atomic E-state index is -4.56. The molecule has 30 heavy (non-hydrogen) atoms. The lowest BCUT2D eigenvalue weighted by Crippen LogP contribution is -2.22. The molecule has 2 aliphatic rings. The first kappa shape index (κ1) is 18.9. The Hall–Kier alpha value is -3.13. The van der Waals surface area contributed by atoms with Crippen LogP contribution in [0, 0.1) is 0 Å². The van der Waals surface area contributed by atoms with Crippen LogP contribution >= 0.6 is 0 Å². The highest BCUT2D eigenvalue weighted by atomic mass is 19.4. The fourth-order valence-electron chi connectivity index (χ4n) is 4.30. The summed E-state index contributed by atoms with van der Waals surface area (Å²) in [7, 11) is 0. The van der Waals surface area contributed by atoms with E-state index in [2.05, 4.69) is 10.4 Å². The Morgan fingerprint density at radius 2 is 1.90 bits per heavy atom. The van der Waals surface area contributed by atoms with E-state index in [-0.39, 0.29) is 17.7 Å². The zero-order chi connectivity index (χ0) is 21.0. The topological polar surface area (TPSA) is 50.2 Å². The number of anilines is 1. The molecule has 154 valence electrons. The lowest BCUT2D eigenvalue weighted by atomic mass is 9.96. The minimum Gasteiger partial charge on any atom is -0.307 e. The number of rotatable bonds is 3. The Morgan fingerprint density at radius 3 is 2.63 bits per heavy atom. The molecule has 2 aliphatic heterocycles. The van der Waals surface area contributed by atoms with Crippen LogP contribution in [0.1, 0.15) is 51.3 Å². The summed E-state index contributed by atoms with van der Waals surface area (Å²) in [5, 5.41) is 7.60. The number of fused-ring (bicyclic) bond motifs is 2. The Kier molecular flexibility index (Phi) is 4.21. The van der Waals surface area contributed by atoms with Crippen molar-refractivity contribution in [1.29, 1.82) is 0 Å². The Balaban J connectivity index is 1.61. The summed E-state index contributed by atoms with van der Waals surface area (Å²) in [5.41, 5.74) is 2.39. The molecule has 0 saturated carbocycles. The van der Waals surface area contributed by atoms with Crippen molar-refractivity contribution in [3.05, 3.63) is 82.2 Å². The molecular formula is C22H19F3N4O. The number of para-hydroxylation sites is 1. The van der Waals surface area contributed by atoms with Crippen LogP contribution in [0.3, 0.4) is 0 Å². The number of aromatic nitrogens is 2. The highest BCUT2D eigenvalue weighted by Crippen LogP contribution is 2.41. The molecule has 1 amide bonds. The number of nitrogens with one attached hydrogen (secondary N) is 1. The van der Waals surface area contributed by atoms with Crippen LogP contribution in [0.25, 0.3) is 0 Å². The van der Waals surface area contributed by atoms with E-state index in [1.54, 1.807) is 47.3 Å². The van der Waals surface area contributed by atoms with Crippen molar-refractivity contribution in [3.8, 4) is 0 Å².